The lowest BCUT2D eigenvalue weighted by Gasteiger charge is -2.46. The van der Waals surface area contributed by atoms with Gasteiger partial charge in [-0.25, -0.2) is 0 Å². The highest BCUT2D eigenvalue weighted by molar-refractivity contribution is 5.95. The van der Waals surface area contributed by atoms with Gasteiger partial charge in [-0.15, -0.1) is 0 Å². The highest BCUT2D eigenvalue weighted by atomic mass is 16.5. The zero-order chi connectivity index (χ0) is 24.8. The molecule has 3 aliphatic rings. The Morgan fingerprint density at radius 1 is 0.972 bits per heavy atom. The average molecular weight is 486 g/mol. The molecule has 2 amide bonds. The van der Waals surface area contributed by atoms with Crippen LogP contribution in [0.25, 0.3) is 11.1 Å². The number of benzene rings is 1. The van der Waals surface area contributed by atoms with Crippen LogP contribution in [0.3, 0.4) is 0 Å². The number of rotatable bonds is 5. The van der Waals surface area contributed by atoms with Gasteiger partial charge in [-0.2, -0.15) is 5.10 Å². The number of ether oxygens (including phenoxy) is 1. The zero-order valence-electron chi connectivity index (χ0n) is 20.7. The van der Waals surface area contributed by atoms with Crippen LogP contribution < -0.4 is 0 Å². The Kier molecular flexibility index (Phi) is 5.84. The second-order valence-corrected chi connectivity index (χ2v) is 10.4. The van der Waals surface area contributed by atoms with E-state index in [0.29, 0.717) is 37.7 Å². The minimum absolute atomic E-state index is 0.00150. The predicted molar refractivity (Wildman–Crippen MR) is 134 cm³/mol. The molecule has 2 aromatic heterocycles. The van der Waals surface area contributed by atoms with Crippen LogP contribution in [-0.2, 0) is 9.53 Å². The molecule has 8 heteroatoms. The van der Waals surface area contributed by atoms with Gasteiger partial charge in [0.1, 0.15) is 6.04 Å². The molecule has 3 aromatic rings. The Labute approximate surface area is 210 Å². The Balaban J connectivity index is 1.13. The van der Waals surface area contributed by atoms with Gasteiger partial charge in [0.15, 0.2) is 0 Å². The molecular formula is C28H31N5O3. The molecule has 0 spiro atoms. The summed E-state index contributed by atoms with van der Waals surface area (Å²) in [4.78, 5) is 34.8. The Hall–Kier alpha value is -3.52. The third kappa shape index (κ3) is 4.53. The van der Waals surface area contributed by atoms with E-state index in [-0.39, 0.29) is 30.1 Å². The number of morpholine rings is 2. The molecular weight excluding hydrogens is 454 g/mol. The third-order valence-electron chi connectivity index (χ3n) is 7.42. The van der Waals surface area contributed by atoms with Crippen molar-refractivity contribution in [1.29, 1.82) is 0 Å². The van der Waals surface area contributed by atoms with Crippen molar-refractivity contribution in [1.82, 2.24) is 24.6 Å². The van der Waals surface area contributed by atoms with E-state index >= 15 is 0 Å². The standard InChI is InChI=1S/C28H31N5O3/c1-18-10-30-33(13-18)19(2)27(34)31-14-25-16-32(17-26(15-31)36-25)28(35)22-5-3-4-21(8-22)24-9-23(11-29-12-24)20-6-7-20/h3-5,8-13,19-20,25-26H,6-7,14-17H2,1-2H3. The van der Waals surface area contributed by atoms with Crippen LogP contribution >= 0.6 is 0 Å². The minimum Gasteiger partial charge on any atom is -0.368 e. The van der Waals surface area contributed by atoms with E-state index < -0.39 is 0 Å². The van der Waals surface area contributed by atoms with Crippen LogP contribution in [0, 0.1) is 6.92 Å². The van der Waals surface area contributed by atoms with E-state index in [1.54, 1.807) is 10.9 Å². The topological polar surface area (TPSA) is 80.6 Å². The van der Waals surface area contributed by atoms with Crippen LogP contribution in [0.1, 0.15) is 53.2 Å². The molecule has 186 valence electrons. The molecule has 2 bridgehead atoms. The first-order valence-corrected chi connectivity index (χ1v) is 12.7. The number of hydrogen-bond acceptors (Lipinski definition) is 5. The molecule has 2 saturated heterocycles. The van der Waals surface area contributed by atoms with Crippen molar-refractivity contribution in [3.63, 3.8) is 0 Å². The van der Waals surface area contributed by atoms with Crippen molar-refractivity contribution in [3.8, 4) is 11.1 Å². The van der Waals surface area contributed by atoms with Crippen LogP contribution in [0.4, 0.5) is 0 Å². The lowest BCUT2D eigenvalue weighted by Crippen LogP contribution is -2.62. The van der Waals surface area contributed by atoms with Crippen LogP contribution in [0.5, 0.6) is 0 Å². The number of aryl methyl sites for hydroxylation is 1. The van der Waals surface area contributed by atoms with Gasteiger partial charge in [0, 0.05) is 55.9 Å². The van der Waals surface area contributed by atoms with Gasteiger partial charge in [-0.05, 0) is 67.5 Å². The van der Waals surface area contributed by atoms with Crippen LogP contribution in [0.2, 0.25) is 0 Å². The second-order valence-electron chi connectivity index (χ2n) is 10.4. The molecule has 4 heterocycles. The minimum atomic E-state index is -0.370. The summed E-state index contributed by atoms with van der Waals surface area (Å²) in [6.45, 7) is 5.73. The summed E-state index contributed by atoms with van der Waals surface area (Å²) < 4.78 is 7.83. The maximum atomic E-state index is 13.5. The SMILES string of the molecule is Cc1cnn(C(C)C(=O)N2CC3CN(C(=O)c4cccc(-c5cncc(C6CC6)c5)c4)CC(C2)O3)c1. The van der Waals surface area contributed by atoms with E-state index in [1.165, 1.54) is 18.4 Å². The van der Waals surface area contributed by atoms with Gasteiger partial charge in [-0.1, -0.05) is 12.1 Å². The molecule has 3 unspecified atom stereocenters. The molecule has 3 atom stereocenters. The van der Waals surface area contributed by atoms with Gasteiger partial charge in [0.2, 0.25) is 5.91 Å². The molecule has 3 fully saturated rings. The number of amides is 2. The largest absolute Gasteiger partial charge is 0.368 e. The van der Waals surface area contributed by atoms with Crippen LogP contribution in [0.15, 0.2) is 55.1 Å². The Morgan fingerprint density at radius 3 is 2.42 bits per heavy atom. The van der Waals surface area contributed by atoms with E-state index in [0.717, 1.165) is 16.7 Å². The number of nitrogens with zero attached hydrogens (tertiary/aromatic N) is 5. The smallest absolute Gasteiger partial charge is 0.254 e. The fraction of sp³-hybridized carbons (Fsp3) is 0.429. The van der Waals surface area contributed by atoms with Crippen molar-refractivity contribution < 1.29 is 14.3 Å². The molecule has 8 nitrogen and oxygen atoms in total. The number of aromatic nitrogens is 3. The van der Waals surface area contributed by atoms with E-state index in [2.05, 4.69) is 16.1 Å². The van der Waals surface area contributed by atoms with Crippen molar-refractivity contribution in [3.05, 3.63) is 71.8 Å². The average Bonchev–Trinajstić information content (AvgIpc) is 3.67. The van der Waals surface area contributed by atoms with Gasteiger partial charge in [0.05, 0.1) is 18.4 Å². The maximum Gasteiger partial charge on any atom is 0.254 e. The molecule has 2 aliphatic heterocycles. The normalized spacial score (nSPS) is 22.4. The summed E-state index contributed by atoms with van der Waals surface area (Å²) in [6.07, 6.45) is 9.54. The first-order valence-electron chi connectivity index (χ1n) is 12.7. The fourth-order valence-electron chi connectivity index (χ4n) is 5.33. The lowest BCUT2D eigenvalue weighted by molar-refractivity contribution is -0.159. The highest BCUT2D eigenvalue weighted by Crippen LogP contribution is 2.40. The van der Waals surface area contributed by atoms with Crippen molar-refractivity contribution in [2.45, 2.75) is 50.9 Å². The van der Waals surface area contributed by atoms with E-state index in [1.807, 2.05) is 66.5 Å². The summed E-state index contributed by atoms with van der Waals surface area (Å²) in [5.41, 5.74) is 5.02. The molecule has 0 radical (unpaired) electrons. The number of hydrogen-bond donors (Lipinski definition) is 0. The fourth-order valence-corrected chi connectivity index (χ4v) is 5.33. The Morgan fingerprint density at radius 2 is 1.72 bits per heavy atom. The van der Waals surface area contributed by atoms with Crippen LogP contribution in [-0.4, -0.2) is 74.8 Å². The summed E-state index contributed by atoms with van der Waals surface area (Å²) >= 11 is 0. The van der Waals surface area contributed by atoms with Gasteiger partial charge >= 0.3 is 0 Å². The Bertz CT molecular complexity index is 1290. The monoisotopic (exact) mass is 485 g/mol. The molecule has 1 aliphatic carbocycles. The molecule has 0 N–H and O–H groups in total. The summed E-state index contributed by atoms with van der Waals surface area (Å²) in [5.74, 6) is 0.667. The molecule has 36 heavy (non-hydrogen) atoms. The quantitative estimate of drug-likeness (QED) is 0.553. The lowest BCUT2D eigenvalue weighted by atomic mass is 10.0. The zero-order valence-corrected chi connectivity index (χ0v) is 20.7. The summed E-state index contributed by atoms with van der Waals surface area (Å²) in [7, 11) is 0. The number of pyridine rings is 1. The molecule has 1 saturated carbocycles. The van der Waals surface area contributed by atoms with Gasteiger partial charge in [0.25, 0.3) is 5.91 Å². The number of fused-ring (bicyclic) bond motifs is 2. The second kappa shape index (κ2) is 9.17. The predicted octanol–water partition coefficient (Wildman–Crippen LogP) is 3.44. The number of carbonyl (C=O) groups excluding carboxylic acids is 2. The first kappa shape index (κ1) is 22.9. The summed E-state index contributed by atoms with van der Waals surface area (Å²) in [6, 6.07) is 9.64. The van der Waals surface area contributed by atoms with Crippen molar-refractivity contribution in [2.75, 3.05) is 26.2 Å². The maximum absolute atomic E-state index is 13.5. The molecule has 1 aromatic carbocycles. The first-order chi connectivity index (χ1) is 17.4. The number of carbonyl (C=O) groups is 2. The van der Waals surface area contributed by atoms with Gasteiger partial charge < -0.3 is 14.5 Å². The van der Waals surface area contributed by atoms with E-state index in [9.17, 15) is 9.59 Å². The van der Waals surface area contributed by atoms with Crippen molar-refractivity contribution in [2.24, 2.45) is 0 Å². The molecule has 6 rings (SSSR count). The summed E-state index contributed by atoms with van der Waals surface area (Å²) in [5, 5.41) is 4.30. The van der Waals surface area contributed by atoms with E-state index in [4.69, 9.17) is 4.74 Å². The highest BCUT2D eigenvalue weighted by Gasteiger charge is 2.39. The third-order valence-corrected chi connectivity index (χ3v) is 7.42. The van der Waals surface area contributed by atoms with Gasteiger partial charge in [-0.3, -0.25) is 19.3 Å². The van der Waals surface area contributed by atoms with Crippen molar-refractivity contribution >= 4 is 11.8 Å².